The summed E-state index contributed by atoms with van der Waals surface area (Å²) in [7, 11) is -1.57. The largest absolute Gasteiger partial charge is 0.452 e. The molecule has 0 saturated carbocycles. The number of hydrogen-bond acceptors (Lipinski definition) is 6. The van der Waals surface area contributed by atoms with Crippen molar-refractivity contribution in [1.29, 1.82) is 0 Å². The molecule has 1 aliphatic heterocycles. The number of benzene rings is 2. The molecule has 8 heteroatoms. The number of amides is 1. The van der Waals surface area contributed by atoms with Gasteiger partial charge in [-0.05, 0) is 25.0 Å². The van der Waals surface area contributed by atoms with Gasteiger partial charge in [0.1, 0.15) is 0 Å². The maximum Gasteiger partial charge on any atom is 0.339 e. The maximum absolute atomic E-state index is 13.1. The lowest BCUT2D eigenvalue weighted by atomic mass is 9.98. The number of rotatable bonds is 5. The molecule has 1 aromatic heterocycles. The number of likely N-dealkylation sites (N-methyl/N-ethyl adjacent to an activating group) is 1. The van der Waals surface area contributed by atoms with Gasteiger partial charge >= 0.3 is 5.97 Å². The average molecular weight is 453 g/mol. The van der Waals surface area contributed by atoms with Crippen molar-refractivity contribution in [2.75, 3.05) is 25.2 Å². The van der Waals surface area contributed by atoms with E-state index in [4.69, 9.17) is 9.72 Å². The van der Waals surface area contributed by atoms with Gasteiger partial charge in [0.25, 0.3) is 5.91 Å². The summed E-state index contributed by atoms with van der Waals surface area (Å²) < 4.78 is 28.8. The zero-order valence-corrected chi connectivity index (χ0v) is 18.8. The lowest BCUT2D eigenvalue weighted by Crippen LogP contribution is -2.40. The highest BCUT2D eigenvalue weighted by molar-refractivity contribution is 7.91. The van der Waals surface area contributed by atoms with Crippen molar-refractivity contribution in [3.8, 4) is 11.3 Å². The first-order valence-electron chi connectivity index (χ1n) is 10.3. The number of pyridine rings is 1. The average Bonchev–Trinajstić information content (AvgIpc) is 3.16. The van der Waals surface area contributed by atoms with Crippen LogP contribution in [0, 0.1) is 6.92 Å². The number of aromatic nitrogens is 1. The molecule has 2 heterocycles. The topological polar surface area (TPSA) is 93.6 Å². The summed E-state index contributed by atoms with van der Waals surface area (Å²) in [6, 6.07) is 16.5. The smallest absolute Gasteiger partial charge is 0.339 e. The normalized spacial score (nSPS) is 17.2. The fraction of sp³-hybridized carbons (Fsp3) is 0.292. The minimum absolute atomic E-state index is 0.0578. The third kappa shape index (κ3) is 4.36. The Hall–Kier alpha value is -3.26. The molecule has 0 spiro atoms. The Morgan fingerprint density at radius 3 is 2.47 bits per heavy atom. The second-order valence-electron chi connectivity index (χ2n) is 7.98. The fourth-order valence-electron chi connectivity index (χ4n) is 4.03. The van der Waals surface area contributed by atoms with E-state index in [2.05, 4.69) is 0 Å². The van der Waals surface area contributed by atoms with Crippen LogP contribution in [0.3, 0.4) is 0 Å². The van der Waals surface area contributed by atoms with E-state index in [1.807, 2.05) is 55.5 Å². The fourth-order valence-corrected chi connectivity index (χ4v) is 5.81. The van der Waals surface area contributed by atoms with E-state index in [1.165, 1.54) is 4.90 Å². The summed E-state index contributed by atoms with van der Waals surface area (Å²) in [6.07, 6.45) is 0.396. The summed E-state index contributed by atoms with van der Waals surface area (Å²) in [4.78, 5) is 31.8. The van der Waals surface area contributed by atoms with Crippen LogP contribution >= 0.6 is 0 Å². The number of hydrogen-bond donors (Lipinski definition) is 0. The Balaban J connectivity index is 1.59. The number of esters is 1. The highest BCUT2D eigenvalue weighted by Gasteiger charge is 2.33. The molecule has 2 aromatic carbocycles. The van der Waals surface area contributed by atoms with Gasteiger partial charge in [0.15, 0.2) is 16.4 Å². The zero-order valence-electron chi connectivity index (χ0n) is 17.9. The van der Waals surface area contributed by atoms with Crippen molar-refractivity contribution in [3.05, 3.63) is 65.7 Å². The number of carbonyl (C=O) groups excluding carboxylic acids is 2. The second kappa shape index (κ2) is 8.70. The molecule has 1 fully saturated rings. The standard InChI is InChI=1S/C24H24N2O5S/c1-16-22(24(28)31-14-21(27)26(2)18-12-13-32(29,30)15-18)19-10-6-7-11-20(19)25-23(16)17-8-4-3-5-9-17/h3-11,18H,12-15H2,1-2H3/t18-/m0/s1. The van der Waals surface area contributed by atoms with E-state index >= 15 is 0 Å². The second-order valence-corrected chi connectivity index (χ2v) is 10.2. The molecule has 0 radical (unpaired) electrons. The number of sulfone groups is 1. The molecule has 166 valence electrons. The van der Waals surface area contributed by atoms with Crippen LogP contribution in [0.5, 0.6) is 0 Å². The van der Waals surface area contributed by atoms with Crippen LogP contribution in [0.4, 0.5) is 0 Å². The molecule has 1 amide bonds. The van der Waals surface area contributed by atoms with Crippen LogP contribution < -0.4 is 0 Å². The molecular weight excluding hydrogens is 428 g/mol. The first kappa shape index (κ1) is 22.0. The number of para-hydroxylation sites is 1. The predicted molar refractivity (Wildman–Crippen MR) is 122 cm³/mol. The molecule has 32 heavy (non-hydrogen) atoms. The van der Waals surface area contributed by atoms with Gasteiger partial charge in [-0.1, -0.05) is 48.5 Å². The molecule has 1 aliphatic rings. The van der Waals surface area contributed by atoms with Crippen LogP contribution in [0.1, 0.15) is 22.3 Å². The molecular formula is C24H24N2O5S. The van der Waals surface area contributed by atoms with E-state index in [0.717, 1.165) is 5.56 Å². The van der Waals surface area contributed by atoms with Gasteiger partial charge in [-0.3, -0.25) is 4.79 Å². The molecule has 0 unspecified atom stereocenters. The molecule has 0 aliphatic carbocycles. The van der Waals surface area contributed by atoms with Gasteiger partial charge in [0, 0.05) is 24.0 Å². The van der Waals surface area contributed by atoms with E-state index in [0.29, 0.717) is 34.1 Å². The van der Waals surface area contributed by atoms with Gasteiger partial charge in [-0.2, -0.15) is 0 Å². The highest BCUT2D eigenvalue weighted by Crippen LogP contribution is 2.30. The summed E-state index contributed by atoms with van der Waals surface area (Å²) in [5.74, 6) is -1.03. The number of nitrogens with zero attached hydrogens (tertiary/aromatic N) is 2. The van der Waals surface area contributed by atoms with Gasteiger partial charge in [-0.15, -0.1) is 0 Å². The first-order valence-corrected chi connectivity index (χ1v) is 12.2. The van der Waals surface area contributed by atoms with Crippen LogP contribution in [0.15, 0.2) is 54.6 Å². The lowest BCUT2D eigenvalue weighted by Gasteiger charge is -2.23. The van der Waals surface area contributed by atoms with Crippen LogP contribution in [0.2, 0.25) is 0 Å². The van der Waals surface area contributed by atoms with Gasteiger partial charge in [0.05, 0.1) is 28.3 Å². The Kier molecular flexibility index (Phi) is 5.97. The minimum atomic E-state index is -3.12. The van der Waals surface area contributed by atoms with Crippen molar-refractivity contribution in [3.63, 3.8) is 0 Å². The quantitative estimate of drug-likeness (QED) is 0.553. The molecule has 0 N–H and O–H groups in total. The van der Waals surface area contributed by atoms with Gasteiger partial charge in [-0.25, -0.2) is 18.2 Å². The first-order chi connectivity index (χ1) is 15.3. The number of ether oxygens (including phenoxy) is 1. The van der Waals surface area contributed by atoms with E-state index in [-0.39, 0.29) is 17.5 Å². The third-order valence-electron chi connectivity index (χ3n) is 5.86. The summed E-state index contributed by atoms with van der Waals surface area (Å²) in [6.45, 7) is 1.36. The van der Waals surface area contributed by atoms with Crippen LogP contribution in [0.25, 0.3) is 22.2 Å². The van der Waals surface area contributed by atoms with Gasteiger partial charge in [0.2, 0.25) is 0 Å². The molecule has 1 atom stereocenters. The van der Waals surface area contributed by atoms with E-state index in [9.17, 15) is 18.0 Å². The summed E-state index contributed by atoms with van der Waals surface area (Å²) in [5.41, 5.74) is 3.25. The van der Waals surface area contributed by atoms with Crippen molar-refractivity contribution in [2.24, 2.45) is 0 Å². The minimum Gasteiger partial charge on any atom is -0.452 e. The lowest BCUT2D eigenvalue weighted by molar-refractivity contribution is -0.134. The Morgan fingerprint density at radius 1 is 1.09 bits per heavy atom. The van der Waals surface area contributed by atoms with Crippen molar-refractivity contribution >= 4 is 32.6 Å². The highest BCUT2D eigenvalue weighted by atomic mass is 32.2. The molecule has 1 saturated heterocycles. The molecule has 0 bridgehead atoms. The van der Waals surface area contributed by atoms with Crippen LogP contribution in [-0.2, 0) is 19.4 Å². The number of carbonyl (C=O) groups is 2. The van der Waals surface area contributed by atoms with Crippen molar-refractivity contribution < 1.29 is 22.7 Å². The monoisotopic (exact) mass is 452 g/mol. The molecule has 4 rings (SSSR count). The Bertz CT molecular complexity index is 1290. The van der Waals surface area contributed by atoms with Crippen molar-refractivity contribution in [2.45, 2.75) is 19.4 Å². The third-order valence-corrected chi connectivity index (χ3v) is 7.61. The SMILES string of the molecule is Cc1c(-c2ccccc2)nc2ccccc2c1C(=O)OCC(=O)N(C)[C@H]1CCS(=O)(=O)C1. The Morgan fingerprint density at radius 2 is 1.78 bits per heavy atom. The summed E-state index contributed by atoms with van der Waals surface area (Å²) in [5, 5.41) is 0.650. The van der Waals surface area contributed by atoms with Gasteiger partial charge < -0.3 is 9.64 Å². The van der Waals surface area contributed by atoms with Crippen molar-refractivity contribution in [1.82, 2.24) is 9.88 Å². The Labute approximate surface area is 186 Å². The van der Waals surface area contributed by atoms with E-state index in [1.54, 1.807) is 13.1 Å². The van der Waals surface area contributed by atoms with E-state index < -0.39 is 28.3 Å². The predicted octanol–water partition coefficient (Wildman–Crippen LogP) is 3.01. The van der Waals surface area contributed by atoms with Crippen LogP contribution in [-0.4, -0.2) is 61.4 Å². The zero-order chi connectivity index (χ0) is 22.9. The molecule has 3 aromatic rings. The number of fused-ring (bicyclic) bond motifs is 1. The maximum atomic E-state index is 13.1. The molecule has 7 nitrogen and oxygen atoms in total. The summed E-state index contributed by atoms with van der Waals surface area (Å²) >= 11 is 0.